The Morgan fingerprint density at radius 1 is 1.27 bits per heavy atom. The van der Waals surface area contributed by atoms with Gasteiger partial charge in [0.1, 0.15) is 0 Å². The second kappa shape index (κ2) is 8.16. The molecule has 1 amide bonds. The van der Waals surface area contributed by atoms with Crippen molar-refractivity contribution in [3.8, 4) is 0 Å². The van der Waals surface area contributed by atoms with Crippen LogP contribution in [0.1, 0.15) is 10.4 Å². The van der Waals surface area contributed by atoms with Crippen molar-refractivity contribution in [2.75, 3.05) is 24.4 Å². The van der Waals surface area contributed by atoms with Crippen LogP contribution in [0, 0.1) is 0 Å². The topological polar surface area (TPSA) is 81.2 Å². The van der Waals surface area contributed by atoms with Gasteiger partial charge in [0.2, 0.25) is 5.91 Å². The molecule has 0 bridgehead atoms. The molecule has 116 valence electrons. The van der Waals surface area contributed by atoms with Crippen LogP contribution in [0.15, 0.2) is 32.9 Å². The van der Waals surface area contributed by atoms with Crippen molar-refractivity contribution in [3.63, 3.8) is 0 Å². The molecule has 2 aromatic rings. The fourth-order valence-electron chi connectivity index (χ4n) is 1.53. The number of aromatic nitrogens is 2. The first-order chi connectivity index (χ1) is 10.6. The molecule has 0 aliphatic carbocycles. The van der Waals surface area contributed by atoms with Crippen LogP contribution in [-0.2, 0) is 9.53 Å². The Morgan fingerprint density at radius 3 is 2.68 bits per heavy atom. The molecule has 1 aromatic carbocycles. The van der Waals surface area contributed by atoms with Crippen LogP contribution in [0.25, 0.3) is 0 Å². The van der Waals surface area contributed by atoms with E-state index in [0.29, 0.717) is 11.3 Å². The average Bonchev–Trinajstić information content (AvgIpc) is 3.01. The Morgan fingerprint density at radius 2 is 2.00 bits per heavy atom. The van der Waals surface area contributed by atoms with Gasteiger partial charge in [-0.3, -0.25) is 4.79 Å². The third-order valence-electron chi connectivity index (χ3n) is 2.50. The molecular weight excluding hydrogens is 342 g/mol. The molecule has 2 rings (SSSR count). The summed E-state index contributed by atoms with van der Waals surface area (Å²) in [5, 5.41) is 10.7. The van der Waals surface area contributed by atoms with Crippen LogP contribution in [-0.4, -0.2) is 41.2 Å². The Kier molecular flexibility index (Phi) is 6.22. The Hall–Kier alpha value is -1.58. The number of carbonyl (C=O) groups excluding carboxylic acids is 2. The summed E-state index contributed by atoms with van der Waals surface area (Å²) in [7, 11) is 1.30. The maximum absolute atomic E-state index is 12.0. The van der Waals surface area contributed by atoms with E-state index in [1.165, 1.54) is 42.0 Å². The van der Waals surface area contributed by atoms with Crippen molar-refractivity contribution in [3.05, 3.63) is 29.8 Å². The van der Waals surface area contributed by atoms with E-state index >= 15 is 0 Å². The van der Waals surface area contributed by atoms with E-state index in [1.807, 2.05) is 6.26 Å². The molecule has 9 heteroatoms. The zero-order valence-electron chi connectivity index (χ0n) is 11.9. The maximum atomic E-state index is 12.0. The second-order valence-corrected chi connectivity index (χ2v) is 7.17. The fourth-order valence-corrected chi connectivity index (χ4v) is 3.77. The van der Waals surface area contributed by atoms with Gasteiger partial charge in [0.05, 0.1) is 24.1 Å². The number of amides is 1. The molecule has 1 heterocycles. The van der Waals surface area contributed by atoms with E-state index in [2.05, 4.69) is 20.3 Å². The van der Waals surface area contributed by atoms with Gasteiger partial charge in [-0.1, -0.05) is 47.0 Å². The summed E-state index contributed by atoms with van der Waals surface area (Å²) in [5.74, 6) is -0.516. The molecule has 0 unspecified atom stereocenters. The maximum Gasteiger partial charge on any atom is 0.339 e. The van der Waals surface area contributed by atoms with Crippen molar-refractivity contribution in [1.82, 2.24) is 10.2 Å². The number of benzene rings is 1. The summed E-state index contributed by atoms with van der Waals surface area (Å²) in [6.07, 6.45) is 1.92. The normalized spacial score (nSPS) is 10.3. The monoisotopic (exact) mass is 355 g/mol. The molecule has 0 saturated heterocycles. The number of methoxy groups -OCH3 is 1. The van der Waals surface area contributed by atoms with Gasteiger partial charge in [-0.25, -0.2) is 4.79 Å². The molecule has 0 saturated carbocycles. The number of para-hydroxylation sites is 1. The van der Waals surface area contributed by atoms with Gasteiger partial charge >= 0.3 is 5.97 Å². The molecule has 22 heavy (non-hydrogen) atoms. The highest BCUT2D eigenvalue weighted by Gasteiger charge is 2.14. The first-order valence-electron chi connectivity index (χ1n) is 6.11. The highest BCUT2D eigenvalue weighted by Crippen LogP contribution is 2.27. The van der Waals surface area contributed by atoms with Gasteiger partial charge in [-0.2, -0.15) is 0 Å². The SMILES string of the molecule is COC(=O)c1ccccc1NC(=O)CSc1nnc(SC)s1. The van der Waals surface area contributed by atoms with Crippen LogP contribution >= 0.6 is 34.9 Å². The number of nitrogens with one attached hydrogen (secondary N) is 1. The van der Waals surface area contributed by atoms with Gasteiger partial charge in [0, 0.05) is 0 Å². The van der Waals surface area contributed by atoms with Crippen molar-refractivity contribution in [2.24, 2.45) is 0 Å². The van der Waals surface area contributed by atoms with E-state index < -0.39 is 5.97 Å². The summed E-state index contributed by atoms with van der Waals surface area (Å²) in [4.78, 5) is 23.6. The number of hydrogen-bond donors (Lipinski definition) is 1. The lowest BCUT2D eigenvalue weighted by atomic mass is 10.2. The van der Waals surface area contributed by atoms with Crippen LogP contribution < -0.4 is 5.32 Å². The lowest BCUT2D eigenvalue weighted by Gasteiger charge is -2.08. The molecule has 0 aliphatic rings. The summed E-state index contributed by atoms with van der Waals surface area (Å²) in [6.45, 7) is 0. The Bertz CT molecular complexity index is 675. The zero-order chi connectivity index (χ0) is 15.9. The number of anilines is 1. The van der Waals surface area contributed by atoms with E-state index in [4.69, 9.17) is 0 Å². The Labute approximate surface area is 140 Å². The number of rotatable bonds is 6. The summed E-state index contributed by atoms with van der Waals surface area (Å²) < 4.78 is 6.29. The van der Waals surface area contributed by atoms with Crippen molar-refractivity contribution in [2.45, 2.75) is 8.68 Å². The Balaban J connectivity index is 1.96. The number of carbonyl (C=O) groups is 2. The van der Waals surface area contributed by atoms with Crippen LogP contribution in [0.5, 0.6) is 0 Å². The smallest absolute Gasteiger partial charge is 0.339 e. The van der Waals surface area contributed by atoms with E-state index in [-0.39, 0.29) is 11.7 Å². The summed E-state index contributed by atoms with van der Waals surface area (Å²) in [5.41, 5.74) is 0.756. The summed E-state index contributed by atoms with van der Waals surface area (Å²) >= 11 is 4.26. The lowest BCUT2D eigenvalue weighted by molar-refractivity contribution is -0.113. The van der Waals surface area contributed by atoms with Crippen molar-refractivity contribution < 1.29 is 14.3 Å². The molecule has 0 fully saturated rings. The first-order valence-corrected chi connectivity index (χ1v) is 9.14. The minimum absolute atomic E-state index is 0.193. The number of hydrogen-bond acceptors (Lipinski definition) is 8. The summed E-state index contributed by atoms with van der Waals surface area (Å²) in [6, 6.07) is 6.71. The van der Waals surface area contributed by atoms with Gasteiger partial charge < -0.3 is 10.1 Å². The molecular formula is C13H13N3O3S3. The van der Waals surface area contributed by atoms with E-state index in [9.17, 15) is 9.59 Å². The molecule has 0 atom stereocenters. The molecule has 1 N–H and O–H groups in total. The van der Waals surface area contributed by atoms with Gasteiger partial charge in [-0.15, -0.1) is 10.2 Å². The molecule has 0 aliphatic heterocycles. The van der Waals surface area contributed by atoms with Crippen LogP contribution in [0.4, 0.5) is 5.69 Å². The van der Waals surface area contributed by atoms with E-state index in [0.717, 1.165) is 8.68 Å². The minimum Gasteiger partial charge on any atom is -0.465 e. The molecule has 6 nitrogen and oxygen atoms in total. The van der Waals surface area contributed by atoms with Gasteiger partial charge in [0.15, 0.2) is 8.68 Å². The first kappa shape index (κ1) is 16.8. The molecule has 0 spiro atoms. The van der Waals surface area contributed by atoms with Gasteiger partial charge in [0.25, 0.3) is 0 Å². The number of nitrogens with zero attached hydrogens (tertiary/aromatic N) is 2. The standard InChI is InChI=1S/C13H13N3O3S3/c1-19-11(18)8-5-3-4-6-9(8)14-10(17)7-21-13-16-15-12(20-2)22-13/h3-6H,7H2,1-2H3,(H,14,17). The predicted octanol–water partition coefficient (Wildman–Crippen LogP) is 2.78. The quantitative estimate of drug-likeness (QED) is 0.630. The van der Waals surface area contributed by atoms with Crippen LogP contribution in [0.2, 0.25) is 0 Å². The third kappa shape index (κ3) is 4.46. The number of esters is 1. The predicted molar refractivity (Wildman–Crippen MR) is 88.8 cm³/mol. The zero-order valence-corrected chi connectivity index (χ0v) is 14.3. The number of thioether (sulfide) groups is 2. The van der Waals surface area contributed by atoms with Crippen molar-refractivity contribution >= 4 is 52.4 Å². The molecule has 0 radical (unpaired) electrons. The largest absolute Gasteiger partial charge is 0.465 e. The van der Waals surface area contributed by atoms with Gasteiger partial charge in [-0.05, 0) is 18.4 Å². The molecule has 1 aromatic heterocycles. The van der Waals surface area contributed by atoms with Crippen LogP contribution in [0.3, 0.4) is 0 Å². The highest BCUT2D eigenvalue weighted by molar-refractivity contribution is 8.03. The third-order valence-corrected chi connectivity index (χ3v) is 5.53. The highest BCUT2D eigenvalue weighted by atomic mass is 32.2. The second-order valence-electron chi connectivity index (χ2n) is 3.91. The average molecular weight is 355 g/mol. The number of ether oxygens (including phenoxy) is 1. The minimum atomic E-state index is -0.489. The van der Waals surface area contributed by atoms with E-state index in [1.54, 1.807) is 24.3 Å². The lowest BCUT2D eigenvalue weighted by Crippen LogP contribution is -2.17. The fraction of sp³-hybridized carbons (Fsp3) is 0.231. The van der Waals surface area contributed by atoms with Crippen molar-refractivity contribution in [1.29, 1.82) is 0 Å².